The molecule has 1 unspecified atom stereocenters. The summed E-state index contributed by atoms with van der Waals surface area (Å²) in [6.45, 7) is 4.11. The first-order chi connectivity index (χ1) is 9.51. The van der Waals surface area contributed by atoms with Gasteiger partial charge in [-0.15, -0.1) is 11.3 Å². The molecule has 0 bridgehead atoms. The Bertz CT molecular complexity index is 624. The summed E-state index contributed by atoms with van der Waals surface area (Å²) in [5.74, 6) is -0.320. The monoisotopic (exact) mass is 353 g/mol. The van der Waals surface area contributed by atoms with Gasteiger partial charge < -0.3 is 10.1 Å². The third-order valence-electron chi connectivity index (χ3n) is 3.05. The molecule has 3 nitrogen and oxygen atoms in total. The number of esters is 1. The third-order valence-corrected chi connectivity index (χ3v) is 4.92. The van der Waals surface area contributed by atoms with Crippen LogP contribution in [0.5, 0.6) is 0 Å². The molecule has 0 saturated carbocycles. The van der Waals surface area contributed by atoms with Crippen molar-refractivity contribution in [3.63, 3.8) is 0 Å². The Hall–Kier alpha value is -1.33. The highest BCUT2D eigenvalue weighted by molar-refractivity contribution is 9.10. The predicted molar refractivity (Wildman–Crippen MR) is 86.6 cm³/mol. The molecule has 20 heavy (non-hydrogen) atoms. The van der Waals surface area contributed by atoms with Crippen LogP contribution in [0.1, 0.15) is 33.8 Å². The van der Waals surface area contributed by atoms with Crippen molar-refractivity contribution >= 4 is 38.9 Å². The molecule has 0 aliphatic heterocycles. The number of benzene rings is 1. The first kappa shape index (κ1) is 15.1. The van der Waals surface area contributed by atoms with Crippen molar-refractivity contribution < 1.29 is 9.53 Å². The van der Waals surface area contributed by atoms with E-state index in [9.17, 15) is 4.79 Å². The highest BCUT2D eigenvalue weighted by atomic mass is 79.9. The Kier molecular flexibility index (Phi) is 4.83. The number of thiophene rings is 1. The average molecular weight is 354 g/mol. The molecule has 0 aliphatic carbocycles. The number of anilines is 1. The molecule has 0 spiro atoms. The molecule has 106 valence electrons. The van der Waals surface area contributed by atoms with E-state index < -0.39 is 0 Å². The van der Waals surface area contributed by atoms with Gasteiger partial charge >= 0.3 is 5.97 Å². The van der Waals surface area contributed by atoms with Crippen molar-refractivity contribution in [2.24, 2.45) is 0 Å². The molecule has 1 heterocycles. The van der Waals surface area contributed by atoms with Crippen LogP contribution in [0.3, 0.4) is 0 Å². The molecule has 5 heteroatoms. The maximum absolute atomic E-state index is 11.6. The Morgan fingerprint density at radius 3 is 2.75 bits per heavy atom. The van der Waals surface area contributed by atoms with Crippen LogP contribution >= 0.6 is 27.3 Å². The fourth-order valence-corrected chi connectivity index (χ4v) is 3.34. The van der Waals surface area contributed by atoms with Gasteiger partial charge in [0.05, 0.1) is 18.7 Å². The lowest BCUT2D eigenvalue weighted by molar-refractivity contribution is 0.0601. The second-order valence-electron chi connectivity index (χ2n) is 4.55. The quantitative estimate of drug-likeness (QED) is 0.803. The zero-order valence-corrected chi connectivity index (χ0v) is 14.0. The van der Waals surface area contributed by atoms with E-state index in [1.807, 2.05) is 19.1 Å². The fraction of sp³-hybridized carbons (Fsp3) is 0.267. The number of carbonyl (C=O) groups is 1. The van der Waals surface area contributed by atoms with Gasteiger partial charge in [-0.1, -0.05) is 6.07 Å². The van der Waals surface area contributed by atoms with Crippen LogP contribution in [0.15, 0.2) is 34.1 Å². The Morgan fingerprint density at radius 1 is 1.40 bits per heavy atom. The maximum Gasteiger partial charge on any atom is 0.337 e. The summed E-state index contributed by atoms with van der Waals surface area (Å²) in [5.41, 5.74) is 2.60. The van der Waals surface area contributed by atoms with Gasteiger partial charge in [-0.3, -0.25) is 0 Å². The molecule has 0 saturated heterocycles. The number of aryl methyl sites for hydroxylation is 1. The van der Waals surface area contributed by atoms with Crippen molar-refractivity contribution in [3.8, 4) is 0 Å². The second-order valence-corrected chi connectivity index (χ2v) is 6.41. The van der Waals surface area contributed by atoms with E-state index in [-0.39, 0.29) is 12.0 Å². The van der Waals surface area contributed by atoms with E-state index in [2.05, 4.69) is 39.6 Å². The van der Waals surface area contributed by atoms with Crippen LogP contribution in [0, 0.1) is 6.92 Å². The van der Waals surface area contributed by atoms with Crippen LogP contribution in [-0.4, -0.2) is 13.1 Å². The second kappa shape index (κ2) is 6.41. The number of hydrogen-bond donors (Lipinski definition) is 1. The first-order valence-corrected chi connectivity index (χ1v) is 7.88. The summed E-state index contributed by atoms with van der Waals surface area (Å²) in [5, 5.41) is 5.50. The van der Waals surface area contributed by atoms with E-state index in [1.54, 1.807) is 17.4 Å². The average Bonchev–Trinajstić information content (AvgIpc) is 2.87. The summed E-state index contributed by atoms with van der Waals surface area (Å²) in [6.07, 6.45) is 0. The van der Waals surface area contributed by atoms with Gasteiger partial charge in [0.2, 0.25) is 0 Å². The van der Waals surface area contributed by atoms with Gasteiger partial charge in [0.1, 0.15) is 0 Å². The van der Waals surface area contributed by atoms with E-state index in [0.717, 1.165) is 15.7 Å². The fourth-order valence-electron chi connectivity index (χ4n) is 1.88. The Morgan fingerprint density at radius 2 is 2.15 bits per heavy atom. The minimum Gasteiger partial charge on any atom is -0.465 e. The molecule has 0 amide bonds. The minimum absolute atomic E-state index is 0.179. The molecule has 1 aromatic heterocycles. The van der Waals surface area contributed by atoms with Crippen molar-refractivity contribution in [1.82, 2.24) is 0 Å². The highest BCUT2D eigenvalue weighted by Gasteiger charge is 2.12. The lowest BCUT2D eigenvalue weighted by atomic mass is 10.1. The summed E-state index contributed by atoms with van der Waals surface area (Å²) in [4.78, 5) is 12.8. The molecule has 0 fully saturated rings. The highest BCUT2D eigenvalue weighted by Crippen LogP contribution is 2.29. The number of ether oxygens (including phenoxy) is 1. The summed E-state index contributed by atoms with van der Waals surface area (Å²) in [7, 11) is 1.39. The van der Waals surface area contributed by atoms with E-state index in [0.29, 0.717) is 5.56 Å². The molecule has 0 radical (unpaired) electrons. The molecule has 1 N–H and O–H groups in total. The normalized spacial score (nSPS) is 12.0. The predicted octanol–water partition coefficient (Wildman–Crippen LogP) is 4.78. The standard InChI is InChI=1S/C15H16BrNO2S/c1-9-4-5-11(15(18)19-3)6-13(9)17-10(2)14-7-12(16)8-20-14/h4-8,10,17H,1-3H3. The summed E-state index contributed by atoms with van der Waals surface area (Å²) < 4.78 is 5.84. The lowest BCUT2D eigenvalue weighted by Gasteiger charge is -2.16. The Balaban J connectivity index is 2.22. The largest absolute Gasteiger partial charge is 0.465 e. The van der Waals surface area contributed by atoms with Crippen LogP contribution in [0.25, 0.3) is 0 Å². The molecule has 2 aromatic rings. The molecule has 2 rings (SSSR count). The number of methoxy groups -OCH3 is 1. The minimum atomic E-state index is -0.320. The topological polar surface area (TPSA) is 38.3 Å². The van der Waals surface area contributed by atoms with Crippen LogP contribution in [-0.2, 0) is 4.74 Å². The zero-order valence-electron chi connectivity index (χ0n) is 11.6. The summed E-state index contributed by atoms with van der Waals surface area (Å²) in [6, 6.07) is 7.81. The summed E-state index contributed by atoms with van der Waals surface area (Å²) >= 11 is 5.16. The van der Waals surface area contributed by atoms with Crippen molar-refractivity contribution in [3.05, 3.63) is 50.1 Å². The van der Waals surface area contributed by atoms with Gasteiger partial charge in [-0.2, -0.15) is 0 Å². The van der Waals surface area contributed by atoms with Crippen LogP contribution < -0.4 is 5.32 Å². The van der Waals surface area contributed by atoms with Crippen molar-refractivity contribution in [2.45, 2.75) is 19.9 Å². The molecular formula is C15H16BrNO2S. The number of halogens is 1. The van der Waals surface area contributed by atoms with Crippen LogP contribution in [0.4, 0.5) is 5.69 Å². The third kappa shape index (κ3) is 3.41. The lowest BCUT2D eigenvalue weighted by Crippen LogP contribution is -2.08. The van der Waals surface area contributed by atoms with E-state index >= 15 is 0 Å². The smallest absolute Gasteiger partial charge is 0.337 e. The van der Waals surface area contributed by atoms with Gasteiger partial charge in [-0.25, -0.2) is 4.79 Å². The molecule has 0 aliphatic rings. The van der Waals surface area contributed by atoms with E-state index in [1.165, 1.54) is 12.0 Å². The van der Waals surface area contributed by atoms with E-state index in [4.69, 9.17) is 4.74 Å². The number of hydrogen-bond acceptors (Lipinski definition) is 4. The van der Waals surface area contributed by atoms with Gasteiger partial charge in [-0.05, 0) is 53.5 Å². The van der Waals surface area contributed by atoms with Gasteiger partial charge in [0, 0.05) is 20.4 Å². The number of nitrogens with one attached hydrogen (secondary N) is 1. The first-order valence-electron chi connectivity index (χ1n) is 6.20. The number of carbonyl (C=O) groups excluding carboxylic acids is 1. The molecule has 1 atom stereocenters. The maximum atomic E-state index is 11.6. The van der Waals surface area contributed by atoms with Crippen LogP contribution in [0.2, 0.25) is 0 Å². The SMILES string of the molecule is COC(=O)c1ccc(C)c(NC(C)c2cc(Br)cs2)c1. The Labute approximate surface area is 131 Å². The molecular weight excluding hydrogens is 338 g/mol. The zero-order chi connectivity index (χ0) is 14.7. The number of rotatable bonds is 4. The van der Waals surface area contributed by atoms with Gasteiger partial charge in [0.25, 0.3) is 0 Å². The molecule has 1 aromatic carbocycles. The van der Waals surface area contributed by atoms with Crippen molar-refractivity contribution in [2.75, 3.05) is 12.4 Å². The van der Waals surface area contributed by atoms with Crippen molar-refractivity contribution in [1.29, 1.82) is 0 Å². The van der Waals surface area contributed by atoms with Gasteiger partial charge in [0.15, 0.2) is 0 Å².